The molecule has 7 nitrogen and oxygen atoms in total. The molecule has 1 saturated heterocycles. The number of carbonyl (C=O) groups excluding carboxylic acids is 3. The van der Waals surface area contributed by atoms with E-state index >= 15 is 4.79 Å². The average Bonchev–Trinajstić information content (AvgIpc) is 3.64. The molecule has 2 aliphatic carbocycles. The number of nitrogens with zero attached hydrogens (tertiary/aromatic N) is 1. The zero-order valence-electron chi connectivity index (χ0n) is 28.6. The highest BCUT2D eigenvalue weighted by atomic mass is 79.9. The first-order valence-corrected chi connectivity index (χ1v) is 19.1. The van der Waals surface area contributed by atoms with E-state index in [1.54, 1.807) is 12.1 Å². The summed E-state index contributed by atoms with van der Waals surface area (Å²) in [4.78, 5) is 43.0. The molecular weight excluding hydrogens is 702 g/mol. The van der Waals surface area contributed by atoms with Gasteiger partial charge in [-0.25, -0.2) is 9.59 Å². The van der Waals surface area contributed by atoms with Crippen LogP contribution in [0, 0.1) is 17.3 Å². The fourth-order valence-corrected chi connectivity index (χ4v) is 11.6. The largest absolute Gasteiger partial charge is 0.465 e. The molecule has 1 saturated carbocycles. The standard InChI is InChI=1S/C40H44BrNO6S/c1-24-31(13-11-25-7-5-9-27(19-25)37(44)47-3)35(43)40-34-29(21-39(40)17-15-30(46-2)16-18-39)12-14-33(41)32(34)22-42(40)36(24)49-23-26-8-6-10-28(20-26)38(45)48-4/h5-10,12,14,19-20,24,30-31,36H,11,13,15-18,21-23H2,1-4H3. The number of rotatable bonds is 9. The van der Waals surface area contributed by atoms with Gasteiger partial charge in [0, 0.05) is 35.2 Å². The van der Waals surface area contributed by atoms with Crippen molar-refractivity contribution in [3.63, 3.8) is 0 Å². The lowest BCUT2D eigenvalue weighted by atomic mass is 9.55. The fraction of sp³-hybridized carbons (Fsp3) is 0.475. The van der Waals surface area contributed by atoms with Crippen LogP contribution in [0.2, 0.25) is 0 Å². The smallest absolute Gasteiger partial charge is 0.337 e. The minimum atomic E-state index is -0.712. The lowest BCUT2D eigenvalue weighted by Gasteiger charge is -2.59. The van der Waals surface area contributed by atoms with E-state index in [2.05, 4.69) is 46.0 Å². The predicted molar refractivity (Wildman–Crippen MR) is 193 cm³/mol. The Bertz CT molecular complexity index is 1790. The number of thioether (sulfide) groups is 1. The van der Waals surface area contributed by atoms with E-state index in [1.807, 2.05) is 49.2 Å². The Labute approximate surface area is 301 Å². The second-order valence-corrected chi connectivity index (χ2v) is 16.2. The molecular formula is C40H44BrNO6S. The van der Waals surface area contributed by atoms with Gasteiger partial charge in [-0.05, 0) is 109 Å². The number of Topliss-reactive ketones (excluding diaryl/α,β-unsaturated/α-hetero) is 1. The summed E-state index contributed by atoms with van der Waals surface area (Å²) < 4.78 is 16.9. The third kappa shape index (κ3) is 5.60. The van der Waals surface area contributed by atoms with Gasteiger partial charge >= 0.3 is 11.9 Å². The molecule has 4 unspecified atom stereocenters. The minimum Gasteiger partial charge on any atom is -0.465 e. The van der Waals surface area contributed by atoms with Crippen LogP contribution < -0.4 is 0 Å². The highest BCUT2D eigenvalue weighted by molar-refractivity contribution is 9.10. The number of aryl methyl sites for hydroxylation is 1. The number of carbonyl (C=O) groups is 3. The van der Waals surface area contributed by atoms with Gasteiger partial charge in [-0.3, -0.25) is 9.69 Å². The summed E-state index contributed by atoms with van der Waals surface area (Å²) >= 11 is 5.80. The zero-order valence-corrected chi connectivity index (χ0v) is 31.0. The van der Waals surface area contributed by atoms with Gasteiger partial charge in [-0.2, -0.15) is 0 Å². The molecule has 4 aliphatic rings. The van der Waals surface area contributed by atoms with E-state index < -0.39 is 5.54 Å². The van der Waals surface area contributed by atoms with E-state index in [1.165, 1.54) is 30.9 Å². The Morgan fingerprint density at radius 1 is 0.939 bits per heavy atom. The lowest BCUT2D eigenvalue weighted by molar-refractivity contribution is -0.165. The zero-order chi connectivity index (χ0) is 34.5. The quantitative estimate of drug-likeness (QED) is 0.205. The third-order valence-corrected chi connectivity index (χ3v) is 14.2. The molecule has 0 aromatic heterocycles. The van der Waals surface area contributed by atoms with Gasteiger partial charge in [-0.1, -0.05) is 53.2 Å². The maximum Gasteiger partial charge on any atom is 0.337 e. The van der Waals surface area contributed by atoms with Gasteiger partial charge in [0.15, 0.2) is 5.78 Å². The number of ketones is 1. The Balaban J connectivity index is 1.30. The van der Waals surface area contributed by atoms with Crippen molar-refractivity contribution in [2.45, 2.75) is 81.2 Å². The van der Waals surface area contributed by atoms with E-state index in [9.17, 15) is 9.59 Å². The summed E-state index contributed by atoms with van der Waals surface area (Å²) in [5.41, 5.74) is 6.07. The van der Waals surface area contributed by atoms with Crippen molar-refractivity contribution in [2.75, 3.05) is 21.3 Å². The predicted octanol–water partition coefficient (Wildman–Crippen LogP) is 7.89. The summed E-state index contributed by atoms with van der Waals surface area (Å²) in [6.07, 6.45) is 6.30. The Morgan fingerprint density at radius 2 is 1.59 bits per heavy atom. The summed E-state index contributed by atoms with van der Waals surface area (Å²) in [6, 6.07) is 19.7. The van der Waals surface area contributed by atoms with Crippen LogP contribution in [0.25, 0.3) is 0 Å². The first-order valence-electron chi connectivity index (χ1n) is 17.3. The van der Waals surface area contributed by atoms with Crippen LogP contribution in [-0.2, 0) is 49.7 Å². The van der Waals surface area contributed by atoms with Gasteiger partial charge in [-0.15, -0.1) is 11.8 Å². The number of piperidine rings is 1. The Morgan fingerprint density at radius 3 is 2.24 bits per heavy atom. The van der Waals surface area contributed by atoms with Gasteiger partial charge in [0.2, 0.25) is 0 Å². The molecule has 49 heavy (non-hydrogen) atoms. The molecule has 4 atom stereocenters. The second kappa shape index (κ2) is 13.6. The summed E-state index contributed by atoms with van der Waals surface area (Å²) in [5, 5.41) is 0.0631. The molecule has 2 fully saturated rings. The van der Waals surface area contributed by atoms with Crippen LogP contribution in [0.15, 0.2) is 65.1 Å². The van der Waals surface area contributed by atoms with E-state index in [4.69, 9.17) is 14.2 Å². The monoisotopic (exact) mass is 745 g/mol. The van der Waals surface area contributed by atoms with Gasteiger partial charge in [0.1, 0.15) is 5.54 Å². The SMILES string of the molecule is COC(=O)c1cccc(CCC2C(=O)C34c5c(ccc(Br)c5CN3C(SCc3cccc(C(=O)OC)c3)C2C)CC42CCC(OC)CC2)c1. The summed E-state index contributed by atoms with van der Waals surface area (Å²) in [5.74, 6) is 0.264. The maximum absolute atomic E-state index is 15.7. The first-order chi connectivity index (χ1) is 23.7. The van der Waals surface area contributed by atoms with E-state index in [0.29, 0.717) is 35.5 Å². The minimum absolute atomic E-state index is 0.0631. The van der Waals surface area contributed by atoms with Gasteiger partial charge < -0.3 is 14.2 Å². The van der Waals surface area contributed by atoms with Crippen molar-refractivity contribution < 1.29 is 28.6 Å². The molecule has 2 spiro atoms. The van der Waals surface area contributed by atoms with Crippen LogP contribution in [0.5, 0.6) is 0 Å². The Kier molecular flexibility index (Phi) is 9.58. The highest BCUT2D eigenvalue weighted by Gasteiger charge is 2.72. The molecule has 0 radical (unpaired) electrons. The fourth-order valence-electron chi connectivity index (χ4n) is 9.65. The van der Waals surface area contributed by atoms with Crippen LogP contribution in [0.3, 0.4) is 0 Å². The first kappa shape index (κ1) is 34.5. The second-order valence-electron chi connectivity index (χ2n) is 14.2. The molecule has 0 N–H and O–H groups in total. The van der Waals surface area contributed by atoms with Crippen LogP contribution >= 0.6 is 27.7 Å². The molecule has 3 aromatic carbocycles. The number of benzene rings is 3. The van der Waals surface area contributed by atoms with Crippen LogP contribution in [-0.4, -0.2) is 55.4 Å². The van der Waals surface area contributed by atoms with E-state index in [-0.39, 0.29) is 40.7 Å². The van der Waals surface area contributed by atoms with Crippen LogP contribution in [0.4, 0.5) is 0 Å². The number of hydrogen-bond acceptors (Lipinski definition) is 8. The topological polar surface area (TPSA) is 82.1 Å². The van der Waals surface area contributed by atoms with Crippen molar-refractivity contribution in [1.29, 1.82) is 0 Å². The van der Waals surface area contributed by atoms with Gasteiger partial charge in [0.25, 0.3) is 0 Å². The normalized spacial score (nSPS) is 28.7. The Hall–Kier alpha value is -2.98. The molecule has 0 bridgehead atoms. The van der Waals surface area contributed by atoms with Gasteiger partial charge in [0.05, 0.1) is 36.8 Å². The third-order valence-electron chi connectivity index (χ3n) is 11.9. The molecule has 3 aromatic rings. The summed E-state index contributed by atoms with van der Waals surface area (Å²) in [7, 11) is 4.61. The molecule has 2 heterocycles. The maximum atomic E-state index is 15.7. The number of hydrogen-bond donors (Lipinski definition) is 0. The number of ether oxygens (including phenoxy) is 3. The molecule has 7 rings (SSSR count). The van der Waals surface area contributed by atoms with Crippen molar-refractivity contribution in [1.82, 2.24) is 4.90 Å². The van der Waals surface area contributed by atoms with Crippen molar-refractivity contribution in [3.8, 4) is 0 Å². The lowest BCUT2D eigenvalue weighted by Crippen LogP contribution is -2.67. The van der Waals surface area contributed by atoms with Crippen LogP contribution in [0.1, 0.15) is 87.6 Å². The summed E-state index contributed by atoms with van der Waals surface area (Å²) in [6.45, 7) is 2.98. The van der Waals surface area contributed by atoms with E-state index in [0.717, 1.165) is 54.2 Å². The van der Waals surface area contributed by atoms with Crippen molar-refractivity contribution in [3.05, 3.63) is 104 Å². The average molecular weight is 747 g/mol. The molecule has 258 valence electrons. The van der Waals surface area contributed by atoms with Crippen molar-refractivity contribution >= 4 is 45.4 Å². The molecule has 9 heteroatoms. The number of methoxy groups -OCH3 is 3. The number of halogens is 1. The highest BCUT2D eigenvalue weighted by Crippen LogP contribution is 2.69. The van der Waals surface area contributed by atoms with Crippen molar-refractivity contribution in [2.24, 2.45) is 17.3 Å². The molecule has 2 aliphatic heterocycles. The molecule has 0 amide bonds. The number of esters is 2.